The molecule has 0 radical (unpaired) electrons. The standard InChI is InChI=1S/C34H40N2O5/c1-6-35(7-2)18-19-36-31(26-14-11-15-28(21-26)41-23(3)4)30(33(38)34(36)39)32(37)27-16-17-29(24(5)20-27)40-22-25-12-9-8-10-13-25/h8-17,20-21,23,31,37H,6-7,18-19,22H2,1-5H3/b32-30+. The van der Waals surface area contributed by atoms with Crippen LogP contribution in [0.25, 0.3) is 5.76 Å². The molecule has 3 aromatic carbocycles. The summed E-state index contributed by atoms with van der Waals surface area (Å²) in [6, 6.07) is 21.8. The van der Waals surface area contributed by atoms with Crippen molar-refractivity contribution in [1.82, 2.24) is 9.80 Å². The molecule has 0 bridgehead atoms. The summed E-state index contributed by atoms with van der Waals surface area (Å²) in [5, 5.41) is 11.6. The lowest BCUT2D eigenvalue weighted by atomic mass is 9.94. The molecule has 41 heavy (non-hydrogen) atoms. The highest BCUT2D eigenvalue weighted by molar-refractivity contribution is 6.46. The van der Waals surface area contributed by atoms with Gasteiger partial charge in [0.05, 0.1) is 17.7 Å². The highest BCUT2D eigenvalue weighted by atomic mass is 16.5. The van der Waals surface area contributed by atoms with Gasteiger partial charge in [0.1, 0.15) is 23.9 Å². The summed E-state index contributed by atoms with van der Waals surface area (Å²) in [6.45, 7) is 13.0. The van der Waals surface area contributed by atoms with Crippen molar-refractivity contribution in [2.45, 2.75) is 53.4 Å². The zero-order valence-electron chi connectivity index (χ0n) is 24.6. The van der Waals surface area contributed by atoms with Crippen molar-refractivity contribution in [3.63, 3.8) is 0 Å². The molecule has 0 spiro atoms. The maximum Gasteiger partial charge on any atom is 0.295 e. The molecule has 1 aliphatic heterocycles. The molecule has 1 atom stereocenters. The molecule has 1 unspecified atom stereocenters. The third-order valence-corrected chi connectivity index (χ3v) is 7.32. The first-order chi connectivity index (χ1) is 19.7. The van der Waals surface area contributed by atoms with E-state index in [1.54, 1.807) is 23.1 Å². The molecule has 0 aromatic heterocycles. The number of ether oxygens (including phenoxy) is 2. The first kappa shape index (κ1) is 29.9. The summed E-state index contributed by atoms with van der Waals surface area (Å²) in [5.74, 6) is -0.183. The lowest BCUT2D eigenvalue weighted by molar-refractivity contribution is -0.140. The molecule has 4 rings (SSSR count). The Morgan fingerprint density at radius 3 is 2.37 bits per heavy atom. The van der Waals surface area contributed by atoms with Crippen molar-refractivity contribution >= 4 is 17.4 Å². The highest BCUT2D eigenvalue weighted by Crippen LogP contribution is 2.40. The van der Waals surface area contributed by atoms with Crippen LogP contribution in [0, 0.1) is 6.92 Å². The van der Waals surface area contributed by atoms with E-state index in [1.165, 1.54) is 0 Å². The van der Waals surface area contributed by atoms with Crippen LogP contribution in [0.5, 0.6) is 11.5 Å². The Morgan fingerprint density at radius 2 is 1.71 bits per heavy atom. The molecule has 1 heterocycles. The van der Waals surface area contributed by atoms with Gasteiger partial charge in [-0.2, -0.15) is 0 Å². The van der Waals surface area contributed by atoms with Crippen molar-refractivity contribution < 1.29 is 24.2 Å². The summed E-state index contributed by atoms with van der Waals surface area (Å²) in [5.41, 5.74) is 3.10. The van der Waals surface area contributed by atoms with Gasteiger partial charge in [-0.1, -0.05) is 56.3 Å². The van der Waals surface area contributed by atoms with E-state index in [-0.39, 0.29) is 17.4 Å². The van der Waals surface area contributed by atoms with E-state index in [4.69, 9.17) is 9.47 Å². The van der Waals surface area contributed by atoms with E-state index >= 15 is 0 Å². The maximum absolute atomic E-state index is 13.5. The number of aryl methyl sites for hydroxylation is 1. The van der Waals surface area contributed by atoms with E-state index in [1.807, 2.05) is 75.4 Å². The first-order valence-electron chi connectivity index (χ1n) is 14.3. The van der Waals surface area contributed by atoms with Gasteiger partial charge in [0, 0.05) is 18.7 Å². The second-order valence-corrected chi connectivity index (χ2v) is 10.5. The van der Waals surface area contributed by atoms with Crippen molar-refractivity contribution in [2.24, 2.45) is 0 Å². The van der Waals surface area contributed by atoms with Gasteiger partial charge in [0.25, 0.3) is 11.7 Å². The number of benzene rings is 3. The van der Waals surface area contributed by atoms with E-state index < -0.39 is 17.7 Å². The van der Waals surface area contributed by atoms with E-state index in [0.717, 1.165) is 24.2 Å². The Hall–Kier alpha value is -4.10. The molecule has 3 aromatic rings. The monoisotopic (exact) mass is 556 g/mol. The highest BCUT2D eigenvalue weighted by Gasteiger charge is 2.46. The molecular weight excluding hydrogens is 516 g/mol. The average molecular weight is 557 g/mol. The Kier molecular flexibility index (Phi) is 9.84. The van der Waals surface area contributed by atoms with Crippen LogP contribution in [0.2, 0.25) is 0 Å². The molecule has 216 valence electrons. The first-order valence-corrected chi connectivity index (χ1v) is 14.3. The van der Waals surface area contributed by atoms with E-state index in [0.29, 0.717) is 42.3 Å². The van der Waals surface area contributed by atoms with Gasteiger partial charge in [0.15, 0.2) is 0 Å². The molecule has 0 saturated carbocycles. The number of Topliss-reactive ketones (excluding diaryl/α,β-unsaturated/α-hetero) is 1. The van der Waals surface area contributed by atoms with Gasteiger partial charge in [0.2, 0.25) is 0 Å². The molecule has 7 heteroatoms. The fourth-order valence-electron chi connectivity index (χ4n) is 5.13. The largest absolute Gasteiger partial charge is 0.507 e. The summed E-state index contributed by atoms with van der Waals surface area (Å²) in [6.07, 6.45) is -0.0372. The van der Waals surface area contributed by atoms with Gasteiger partial charge in [-0.05, 0) is 80.9 Å². The zero-order valence-corrected chi connectivity index (χ0v) is 24.6. The van der Waals surface area contributed by atoms with Gasteiger partial charge in [-0.3, -0.25) is 9.59 Å². The predicted molar refractivity (Wildman–Crippen MR) is 161 cm³/mol. The van der Waals surface area contributed by atoms with Crippen molar-refractivity contribution in [2.75, 3.05) is 26.2 Å². The number of carbonyl (C=O) groups excluding carboxylic acids is 2. The number of carbonyl (C=O) groups is 2. The fraction of sp³-hybridized carbons (Fsp3) is 0.353. The Morgan fingerprint density at radius 1 is 0.976 bits per heavy atom. The SMILES string of the molecule is CCN(CC)CCN1C(=O)C(=O)/C(=C(/O)c2ccc(OCc3ccccc3)c(C)c2)C1c1cccc(OC(C)C)c1. The molecular formula is C34H40N2O5. The Labute approximate surface area is 243 Å². The average Bonchev–Trinajstić information content (AvgIpc) is 3.22. The summed E-state index contributed by atoms with van der Waals surface area (Å²) >= 11 is 0. The second kappa shape index (κ2) is 13.5. The van der Waals surface area contributed by atoms with Crippen LogP contribution in [-0.4, -0.2) is 58.9 Å². The van der Waals surface area contributed by atoms with Crippen LogP contribution in [0.1, 0.15) is 56.0 Å². The number of hydrogen-bond donors (Lipinski definition) is 1. The van der Waals surface area contributed by atoms with Crippen LogP contribution in [0.3, 0.4) is 0 Å². The van der Waals surface area contributed by atoms with Crippen LogP contribution in [0.15, 0.2) is 78.4 Å². The maximum atomic E-state index is 13.5. The third-order valence-electron chi connectivity index (χ3n) is 7.32. The number of nitrogens with zero attached hydrogens (tertiary/aromatic N) is 2. The molecule has 1 aliphatic rings. The fourth-order valence-corrected chi connectivity index (χ4v) is 5.13. The van der Waals surface area contributed by atoms with E-state index in [9.17, 15) is 14.7 Å². The minimum Gasteiger partial charge on any atom is -0.507 e. The van der Waals surface area contributed by atoms with Gasteiger partial charge in [-0.25, -0.2) is 0 Å². The number of aliphatic hydroxyl groups is 1. The van der Waals surface area contributed by atoms with Crippen molar-refractivity contribution in [3.8, 4) is 11.5 Å². The van der Waals surface area contributed by atoms with E-state index in [2.05, 4.69) is 18.7 Å². The number of likely N-dealkylation sites (tertiary alicyclic amines) is 1. The predicted octanol–water partition coefficient (Wildman–Crippen LogP) is 6.12. The molecule has 0 aliphatic carbocycles. The Balaban J connectivity index is 1.71. The summed E-state index contributed by atoms with van der Waals surface area (Å²) in [7, 11) is 0. The Bertz CT molecular complexity index is 1400. The number of rotatable bonds is 12. The number of likely N-dealkylation sites (N-methyl/N-ethyl adjacent to an activating group) is 1. The minimum absolute atomic E-state index is 0.0372. The molecule has 1 fully saturated rings. The zero-order chi connectivity index (χ0) is 29.5. The smallest absolute Gasteiger partial charge is 0.295 e. The molecule has 1 saturated heterocycles. The number of amides is 1. The number of hydrogen-bond acceptors (Lipinski definition) is 6. The van der Waals surface area contributed by atoms with Gasteiger partial charge in [-0.15, -0.1) is 0 Å². The summed E-state index contributed by atoms with van der Waals surface area (Å²) in [4.78, 5) is 30.7. The topological polar surface area (TPSA) is 79.3 Å². The van der Waals surface area contributed by atoms with Crippen LogP contribution >= 0.6 is 0 Å². The van der Waals surface area contributed by atoms with Crippen LogP contribution < -0.4 is 9.47 Å². The summed E-state index contributed by atoms with van der Waals surface area (Å²) < 4.78 is 11.9. The van der Waals surface area contributed by atoms with Gasteiger partial charge < -0.3 is 24.4 Å². The lowest BCUT2D eigenvalue weighted by Crippen LogP contribution is -2.38. The molecule has 1 amide bonds. The molecule has 7 nitrogen and oxygen atoms in total. The third kappa shape index (κ3) is 6.98. The van der Waals surface area contributed by atoms with Crippen LogP contribution in [0.4, 0.5) is 0 Å². The number of ketones is 1. The van der Waals surface area contributed by atoms with Crippen LogP contribution in [-0.2, 0) is 16.2 Å². The van der Waals surface area contributed by atoms with Gasteiger partial charge >= 0.3 is 0 Å². The number of aliphatic hydroxyl groups excluding tert-OH is 1. The van der Waals surface area contributed by atoms with Crippen molar-refractivity contribution in [3.05, 3.63) is 101 Å². The van der Waals surface area contributed by atoms with Crippen molar-refractivity contribution in [1.29, 1.82) is 0 Å². The lowest BCUT2D eigenvalue weighted by Gasteiger charge is -2.28. The second-order valence-electron chi connectivity index (χ2n) is 10.5. The molecule has 1 N–H and O–H groups in total. The quantitative estimate of drug-likeness (QED) is 0.164. The normalized spacial score (nSPS) is 16.6. The minimum atomic E-state index is -0.740.